The number of nitrogens with zero attached hydrogens (tertiary/aromatic N) is 2. The number of benzene rings is 1. The van der Waals surface area contributed by atoms with Crippen molar-refractivity contribution < 1.29 is 14.1 Å². The third-order valence-corrected chi connectivity index (χ3v) is 2.96. The van der Waals surface area contributed by atoms with Crippen LogP contribution in [0.15, 0.2) is 30.3 Å². The third-order valence-electron chi connectivity index (χ3n) is 2.46. The predicted octanol–water partition coefficient (Wildman–Crippen LogP) is 3.69. The molecule has 0 aliphatic rings. The summed E-state index contributed by atoms with van der Waals surface area (Å²) in [4.78, 5) is 25.3. The van der Waals surface area contributed by atoms with E-state index in [-0.39, 0.29) is 21.6 Å². The average molecular weight is 330 g/mol. The number of hydrogen-bond acceptors (Lipinski definition) is 4. The van der Waals surface area contributed by atoms with Crippen LogP contribution in [0.5, 0.6) is 0 Å². The fourth-order valence-electron chi connectivity index (χ4n) is 1.51. The van der Waals surface area contributed by atoms with Gasteiger partial charge in [0.1, 0.15) is 10.3 Å². The number of pyridine rings is 1. The summed E-state index contributed by atoms with van der Waals surface area (Å²) in [6, 6.07) is 5.73. The van der Waals surface area contributed by atoms with Gasteiger partial charge in [-0.05, 0) is 18.2 Å². The Hall–Kier alpha value is -2.25. The Balaban J connectivity index is 2.23. The van der Waals surface area contributed by atoms with Crippen LogP contribution >= 0.6 is 23.2 Å². The maximum atomic E-state index is 13.4. The van der Waals surface area contributed by atoms with Crippen molar-refractivity contribution in [1.82, 2.24) is 4.98 Å². The highest BCUT2D eigenvalue weighted by molar-refractivity contribution is 6.35. The molecular formula is C12H6Cl2FN3O3. The standard InChI is InChI=1S/C12H6Cl2FN3O3/c13-10-4-2-7(11(14)17-10)12(19)16-6-1-3-9(18(20)21)8(15)5-6/h1-5H,(H,16,19). The zero-order valence-corrected chi connectivity index (χ0v) is 11.7. The molecule has 1 N–H and O–H groups in total. The van der Waals surface area contributed by atoms with Crippen LogP contribution in [-0.4, -0.2) is 15.8 Å². The van der Waals surface area contributed by atoms with Crippen LogP contribution in [-0.2, 0) is 0 Å². The number of carbonyl (C=O) groups is 1. The number of hydrogen-bond donors (Lipinski definition) is 1. The maximum Gasteiger partial charge on any atom is 0.304 e. The Morgan fingerprint density at radius 2 is 2.00 bits per heavy atom. The monoisotopic (exact) mass is 329 g/mol. The number of carbonyl (C=O) groups excluding carboxylic acids is 1. The highest BCUT2D eigenvalue weighted by Gasteiger charge is 2.16. The van der Waals surface area contributed by atoms with Gasteiger partial charge in [-0.15, -0.1) is 0 Å². The first kappa shape index (κ1) is 15.1. The van der Waals surface area contributed by atoms with E-state index in [1.165, 1.54) is 18.2 Å². The average Bonchev–Trinajstić information content (AvgIpc) is 2.37. The minimum atomic E-state index is -1.06. The van der Waals surface area contributed by atoms with E-state index in [1.54, 1.807) is 0 Å². The van der Waals surface area contributed by atoms with E-state index in [1.807, 2.05) is 0 Å². The molecule has 1 heterocycles. The molecule has 0 aliphatic heterocycles. The Labute approximate surface area is 127 Å². The van der Waals surface area contributed by atoms with Crippen molar-refractivity contribution in [1.29, 1.82) is 0 Å². The first-order valence-corrected chi connectivity index (χ1v) is 6.21. The molecule has 1 amide bonds. The van der Waals surface area contributed by atoms with Crippen molar-refractivity contribution >= 4 is 40.5 Å². The summed E-state index contributed by atoms with van der Waals surface area (Å²) in [5, 5.41) is 12.9. The molecule has 9 heteroatoms. The number of nitro benzene ring substituents is 1. The highest BCUT2D eigenvalue weighted by Crippen LogP contribution is 2.22. The number of nitrogens with one attached hydrogen (secondary N) is 1. The lowest BCUT2D eigenvalue weighted by atomic mass is 10.2. The van der Waals surface area contributed by atoms with E-state index < -0.39 is 22.3 Å². The van der Waals surface area contributed by atoms with Crippen LogP contribution in [0.25, 0.3) is 0 Å². The summed E-state index contributed by atoms with van der Waals surface area (Å²) in [7, 11) is 0. The minimum absolute atomic E-state index is 0.0415. The Bertz CT molecular complexity index is 740. The van der Waals surface area contributed by atoms with E-state index >= 15 is 0 Å². The molecule has 0 saturated carbocycles. The number of anilines is 1. The lowest BCUT2D eigenvalue weighted by Gasteiger charge is -2.06. The lowest BCUT2D eigenvalue weighted by molar-refractivity contribution is -0.387. The molecule has 0 aliphatic carbocycles. The molecule has 0 unspecified atom stereocenters. The molecule has 2 rings (SSSR count). The molecule has 0 radical (unpaired) electrons. The zero-order valence-electron chi connectivity index (χ0n) is 10.1. The van der Waals surface area contributed by atoms with E-state index in [4.69, 9.17) is 23.2 Å². The molecule has 21 heavy (non-hydrogen) atoms. The number of amides is 1. The van der Waals surface area contributed by atoms with Crippen LogP contribution in [0.3, 0.4) is 0 Å². The van der Waals surface area contributed by atoms with Gasteiger partial charge in [0.2, 0.25) is 5.82 Å². The zero-order chi connectivity index (χ0) is 15.6. The third kappa shape index (κ3) is 3.45. The van der Waals surface area contributed by atoms with Gasteiger partial charge in [0.05, 0.1) is 10.5 Å². The van der Waals surface area contributed by atoms with Gasteiger partial charge in [-0.3, -0.25) is 14.9 Å². The van der Waals surface area contributed by atoms with Gasteiger partial charge in [0, 0.05) is 17.8 Å². The second-order valence-electron chi connectivity index (χ2n) is 3.85. The van der Waals surface area contributed by atoms with Gasteiger partial charge in [-0.2, -0.15) is 4.39 Å². The highest BCUT2D eigenvalue weighted by atomic mass is 35.5. The molecule has 0 fully saturated rings. The van der Waals surface area contributed by atoms with E-state index in [0.29, 0.717) is 0 Å². The van der Waals surface area contributed by atoms with Crippen molar-refractivity contribution in [3.05, 3.63) is 62.1 Å². The van der Waals surface area contributed by atoms with Gasteiger partial charge in [0.15, 0.2) is 0 Å². The number of rotatable bonds is 3. The first-order chi connectivity index (χ1) is 9.88. The van der Waals surface area contributed by atoms with Crippen LogP contribution in [0.2, 0.25) is 10.3 Å². The number of aromatic nitrogens is 1. The summed E-state index contributed by atoms with van der Waals surface area (Å²) in [6.07, 6.45) is 0. The van der Waals surface area contributed by atoms with Gasteiger partial charge in [-0.25, -0.2) is 4.98 Å². The molecule has 0 bridgehead atoms. The second-order valence-corrected chi connectivity index (χ2v) is 4.60. The van der Waals surface area contributed by atoms with Gasteiger partial charge < -0.3 is 5.32 Å². The summed E-state index contributed by atoms with van der Waals surface area (Å²) < 4.78 is 13.4. The Kier molecular flexibility index (Phi) is 4.35. The molecule has 108 valence electrons. The van der Waals surface area contributed by atoms with Crippen molar-refractivity contribution in [2.45, 2.75) is 0 Å². The van der Waals surface area contributed by atoms with Crippen molar-refractivity contribution in [2.75, 3.05) is 5.32 Å². The summed E-state index contributed by atoms with van der Waals surface area (Å²) >= 11 is 11.4. The summed E-state index contributed by atoms with van der Waals surface area (Å²) in [5.74, 6) is -1.70. The predicted molar refractivity (Wildman–Crippen MR) is 75.3 cm³/mol. The quantitative estimate of drug-likeness (QED) is 0.528. The fraction of sp³-hybridized carbons (Fsp3) is 0. The first-order valence-electron chi connectivity index (χ1n) is 5.46. The lowest BCUT2D eigenvalue weighted by Crippen LogP contribution is -2.13. The minimum Gasteiger partial charge on any atom is -0.322 e. The SMILES string of the molecule is O=C(Nc1ccc([N+](=O)[O-])c(F)c1)c1ccc(Cl)nc1Cl. The number of halogens is 3. The molecule has 0 spiro atoms. The van der Waals surface area contributed by atoms with E-state index in [2.05, 4.69) is 10.3 Å². The molecule has 0 atom stereocenters. The van der Waals surface area contributed by atoms with Gasteiger partial charge in [0.25, 0.3) is 5.91 Å². The van der Waals surface area contributed by atoms with E-state index in [0.717, 1.165) is 12.1 Å². The van der Waals surface area contributed by atoms with Crippen LogP contribution in [0, 0.1) is 15.9 Å². The summed E-state index contributed by atoms with van der Waals surface area (Å²) in [5.41, 5.74) is -0.590. The fourth-order valence-corrected chi connectivity index (χ4v) is 1.94. The van der Waals surface area contributed by atoms with Crippen LogP contribution in [0.4, 0.5) is 15.8 Å². The maximum absolute atomic E-state index is 13.4. The Morgan fingerprint density at radius 1 is 1.29 bits per heavy atom. The Morgan fingerprint density at radius 3 is 2.57 bits per heavy atom. The molecule has 1 aromatic carbocycles. The smallest absolute Gasteiger partial charge is 0.304 e. The molecule has 2 aromatic rings. The molecule has 6 nitrogen and oxygen atoms in total. The largest absolute Gasteiger partial charge is 0.322 e. The van der Waals surface area contributed by atoms with Gasteiger partial charge >= 0.3 is 5.69 Å². The number of nitro groups is 1. The van der Waals surface area contributed by atoms with E-state index in [9.17, 15) is 19.3 Å². The molecule has 1 aromatic heterocycles. The van der Waals surface area contributed by atoms with Crippen molar-refractivity contribution in [3.63, 3.8) is 0 Å². The molecular weight excluding hydrogens is 324 g/mol. The molecule has 0 saturated heterocycles. The van der Waals surface area contributed by atoms with Crippen molar-refractivity contribution in [3.8, 4) is 0 Å². The van der Waals surface area contributed by atoms with Crippen LogP contribution in [0.1, 0.15) is 10.4 Å². The topological polar surface area (TPSA) is 85.1 Å². The second kappa shape index (κ2) is 6.02. The van der Waals surface area contributed by atoms with Gasteiger partial charge in [-0.1, -0.05) is 23.2 Å². The van der Waals surface area contributed by atoms with Crippen LogP contribution < -0.4 is 5.32 Å². The normalized spacial score (nSPS) is 10.2. The summed E-state index contributed by atoms with van der Waals surface area (Å²) in [6.45, 7) is 0. The van der Waals surface area contributed by atoms with Crippen molar-refractivity contribution in [2.24, 2.45) is 0 Å².